The standard InChI is InChI=1S/C21H20Cl2N4O5S2/c1-14(27(33(2,29)30)19-13-15(22)6-11-18(19)23)21(28)25-16-7-9-17(10-8-16)34(31,32)26-20-5-3-4-12-24-20/h3-14H,1-2H3,(H,24,26)(H,25,28)/t14-/m0/s1. The minimum absolute atomic E-state index is 0.0485. The van der Waals surface area contributed by atoms with Crippen LogP contribution in [0.1, 0.15) is 6.92 Å². The smallest absolute Gasteiger partial charge is 0.263 e. The van der Waals surface area contributed by atoms with Crippen molar-refractivity contribution in [1.29, 1.82) is 0 Å². The van der Waals surface area contributed by atoms with E-state index in [0.29, 0.717) is 0 Å². The summed E-state index contributed by atoms with van der Waals surface area (Å²) >= 11 is 12.1. The van der Waals surface area contributed by atoms with Crippen molar-refractivity contribution in [3.63, 3.8) is 0 Å². The lowest BCUT2D eigenvalue weighted by molar-refractivity contribution is -0.116. The predicted octanol–water partition coefficient (Wildman–Crippen LogP) is 3.98. The van der Waals surface area contributed by atoms with Crippen LogP contribution in [0.15, 0.2) is 71.8 Å². The van der Waals surface area contributed by atoms with Crippen molar-refractivity contribution in [3.05, 3.63) is 76.9 Å². The van der Waals surface area contributed by atoms with E-state index in [1.807, 2.05) is 0 Å². The molecule has 3 rings (SSSR count). The quantitative estimate of drug-likeness (QED) is 0.443. The number of halogens is 2. The van der Waals surface area contributed by atoms with E-state index in [1.165, 1.54) is 61.7 Å². The van der Waals surface area contributed by atoms with Crippen LogP contribution in [-0.4, -0.2) is 40.0 Å². The van der Waals surface area contributed by atoms with E-state index >= 15 is 0 Å². The Bertz CT molecular complexity index is 1400. The second-order valence-corrected chi connectivity index (χ2v) is 11.6. The highest BCUT2D eigenvalue weighted by atomic mass is 35.5. The average molecular weight is 543 g/mol. The number of rotatable bonds is 8. The van der Waals surface area contributed by atoms with Gasteiger partial charge in [0.25, 0.3) is 10.0 Å². The summed E-state index contributed by atoms with van der Waals surface area (Å²) in [6.45, 7) is 1.39. The van der Waals surface area contributed by atoms with Crippen molar-refractivity contribution in [1.82, 2.24) is 4.98 Å². The Morgan fingerprint density at radius 2 is 1.68 bits per heavy atom. The summed E-state index contributed by atoms with van der Waals surface area (Å²) < 4.78 is 53.2. The molecule has 180 valence electrons. The minimum Gasteiger partial charge on any atom is -0.324 e. The van der Waals surface area contributed by atoms with Gasteiger partial charge in [-0.25, -0.2) is 21.8 Å². The summed E-state index contributed by atoms with van der Waals surface area (Å²) in [4.78, 5) is 16.7. The first-order valence-corrected chi connectivity index (χ1v) is 13.8. The molecule has 2 aromatic carbocycles. The number of carbonyl (C=O) groups excluding carboxylic acids is 1. The lowest BCUT2D eigenvalue weighted by atomic mass is 10.2. The van der Waals surface area contributed by atoms with Gasteiger partial charge in [-0.15, -0.1) is 0 Å². The van der Waals surface area contributed by atoms with Crippen molar-refractivity contribution >= 4 is 66.3 Å². The number of anilines is 3. The molecule has 0 radical (unpaired) electrons. The number of benzene rings is 2. The van der Waals surface area contributed by atoms with Gasteiger partial charge in [0.15, 0.2) is 0 Å². The number of nitrogens with zero attached hydrogens (tertiary/aromatic N) is 2. The second-order valence-electron chi connectivity index (χ2n) is 7.16. The molecular formula is C21H20Cl2N4O5S2. The fourth-order valence-electron chi connectivity index (χ4n) is 3.02. The normalized spacial score (nSPS) is 12.6. The fourth-order valence-corrected chi connectivity index (χ4v) is 5.63. The topological polar surface area (TPSA) is 126 Å². The highest BCUT2D eigenvalue weighted by Crippen LogP contribution is 2.32. The van der Waals surface area contributed by atoms with Gasteiger partial charge >= 0.3 is 0 Å². The zero-order valence-electron chi connectivity index (χ0n) is 17.9. The molecule has 0 saturated carbocycles. The Labute approximate surface area is 207 Å². The molecule has 0 unspecified atom stereocenters. The van der Waals surface area contributed by atoms with Crippen molar-refractivity contribution in [2.24, 2.45) is 0 Å². The first kappa shape index (κ1) is 25.8. The molecule has 0 saturated heterocycles. The molecule has 13 heteroatoms. The molecule has 1 heterocycles. The van der Waals surface area contributed by atoms with Gasteiger partial charge in [0.05, 0.1) is 21.9 Å². The fraction of sp³-hybridized carbons (Fsp3) is 0.143. The van der Waals surface area contributed by atoms with Crippen LogP contribution >= 0.6 is 23.2 Å². The Morgan fingerprint density at radius 1 is 1.00 bits per heavy atom. The van der Waals surface area contributed by atoms with Gasteiger partial charge in [0, 0.05) is 16.9 Å². The maximum absolute atomic E-state index is 12.9. The lowest BCUT2D eigenvalue weighted by Gasteiger charge is -2.29. The van der Waals surface area contributed by atoms with Crippen molar-refractivity contribution < 1.29 is 21.6 Å². The van der Waals surface area contributed by atoms with Crippen LogP contribution in [0.4, 0.5) is 17.2 Å². The number of sulfonamides is 2. The van der Waals surface area contributed by atoms with E-state index < -0.39 is 32.0 Å². The molecule has 2 N–H and O–H groups in total. The zero-order chi connectivity index (χ0) is 25.1. The summed E-state index contributed by atoms with van der Waals surface area (Å²) in [5.74, 6) is -0.502. The molecule has 0 aliphatic carbocycles. The van der Waals surface area contributed by atoms with E-state index in [1.54, 1.807) is 12.1 Å². The van der Waals surface area contributed by atoms with E-state index in [2.05, 4.69) is 15.0 Å². The van der Waals surface area contributed by atoms with Crippen LogP contribution < -0.4 is 14.3 Å². The van der Waals surface area contributed by atoms with Gasteiger partial charge in [-0.1, -0.05) is 29.3 Å². The van der Waals surface area contributed by atoms with Crippen LogP contribution in [0.2, 0.25) is 10.0 Å². The number of amides is 1. The highest BCUT2D eigenvalue weighted by molar-refractivity contribution is 7.92. The third-order valence-electron chi connectivity index (χ3n) is 4.57. The first-order chi connectivity index (χ1) is 15.9. The summed E-state index contributed by atoms with van der Waals surface area (Å²) in [5.41, 5.74) is 0.320. The molecule has 1 amide bonds. The molecule has 0 aliphatic heterocycles. The molecule has 1 aromatic heterocycles. The molecule has 3 aromatic rings. The van der Waals surface area contributed by atoms with Gasteiger partial charge in [-0.3, -0.25) is 13.8 Å². The Morgan fingerprint density at radius 3 is 2.26 bits per heavy atom. The average Bonchev–Trinajstić information content (AvgIpc) is 2.76. The maximum Gasteiger partial charge on any atom is 0.263 e. The van der Waals surface area contributed by atoms with Crippen LogP contribution in [0.3, 0.4) is 0 Å². The summed E-state index contributed by atoms with van der Waals surface area (Å²) in [6.07, 6.45) is 2.40. The van der Waals surface area contributed by atoms with E-state index in [0.717, 1.165) is 10.6 Å². The Balaban J connectivity index is 1.79. The third kappa shape index (κ3) is 6.17. The van der Waals surface area contributed by atoms with E-state index in [4.69, 9.17) is 23.2 Å². The molecular weight excluding hydrogens is 523 g/mol. The zero-order valence-corrected chi connectivity index (χ0v) is 21.1. The van der Waals surface area contributed by atoms with Gasteiger partial charge in [-0.2, -0.15) is 0 Å². The molecule has 9 nitrogen and oxygen atoms in total. The van der Waals surface area contributed by atoms with Gasteiger partial charge in [-0.05, 0) is 61.5 Å². The molecule has 0 aliphatic rings. The van der Waals surface area contributed by atoms with Crippen molar-refractivity contribution in [2.45, 2.75) is 17.9 Å². The minimum atomic E-state index is -3.91. The molecule has 0 bridgehead atoms. The summed E-state index contributed by atoms with van der Waals surface area (Å²) in [7, 11) is -7.81. The lowest BCUT2D eigenvalue weighted by Crippen LogP contribution is -2.45. The molecule has 0 fully saturated rings. The van der Waals surface area contributed by atoms with E-state index in [-0.39, 0.29) is 32.1 Å². The monoisotopic (exact) mass is 542 g/mol. The Kier molecular flexibility index (Phi) is 7.71. The molecule has 0 spiro atoms. The number of carbonyl (C=O) groups is 1. The maximum atomic E-state index is 12.9. The van der Waals surface area contributed by atoms with Gasteiger partial charge < -0.3 is 5.32 Å². The summed E-state index contributed by atoms with van der Waals surface area (Å²) in [5, 5.41) is 2.93. The number of hydrogen-bond acceptors (Lipinski definition) is 6. The molecule has 34 heavy (non-hydrogen) atoms. The Hall–Kier alpha value is -2.86. The first-order valence-electron chi connectivity index (χ1n) is 9.68. The number of hydrogen-bond donors (Lipinski definition) is 2. The van der Waals surface area contributed by atoms with E-state index in [9.17, 15) is 21.6 Å². The van der Waals surface area contributed by atoms with Crippen LogP contribution in [0.5, 0.6) is 0 Å². The number of nitrogens with one attached hydrogen (secondary N) is 2. The predicted molar refractivity (Wildman–Crippen MR) is 133 cm³/mol. The van der Waals surface area contributed by atoms with Crippen LogP contribution in [-0.2, 0) is 24.8 Å². The molecule has 1 atom stereocenters. The van der Waals surface area contributed by atoms with Crippen LogP contribution in [0.25, 0.3) is 0 Å². The van der Waals surface area contributed by atoms with Gasteiger partial charge in [0.2, 0.25) is 15.9 Å². The number of pyridine rings is 1. The number of aromatic nitrogens is 1. The largest absolute Gasteiger partial charge is 0.324 e. The summed E-state index contributed by atoms with van der Waals surface area (Å²) in [6, 6.07) is 13.3. The van der Waals surface area contributed by atoms with Gasteiger partial charge in [0.1, 0.15) is 11.9 Å². The third-order valence-corrected chi connectivity index (χ3v) is 7.72. The van der Waals surface area contributed by atoms with Crippen molar-refractivity contribution in [2.75, 3.05) is 20.6 Å². The SMILES string of the molecule is C[C@@H](C(=O)Nc1ccc(S(=O)(=O)Nc2ccccn2)cc1)N(c1cc(Cl)ccc1Cl)S(C)(=O)=O. The highest BCUT2D eigenvalue weighted by Gasteiger charge is 2.31. The second kappa shape index (κ2) is 10.2. The van der Waals surface area contributed by atoms with Crippen LogP contribution in [0, 0.1) is 0 Å². The van der Waals surface area contributed by atoms with Crippen molar-refractivity contribution in [3.8, 4) is 0 Å².